The van der Waals surface area contributed by atoms with Gasteiger partial charge in [0.05, 0.1) is 16.1 Å². The van der Waals surface area contributed by atoms with Crippen molar-refractivity contribution in [3.63, 3.8) is 0 Å². The first kappa shape index (κ1) is 22.6. The zero-order chi connectivity index (χ0) is 10.5. The van der Waals surface area contributed by atoms with Crippen LogP contribution in [0.4, 0.5) is 0 Å². The predicted molar refractivity (Wildman–Crippen MR) is 42.6 cm³/mol. The normalized spacial score (nSPS) is 9.67. The van der Waals surface area contributed by atoms with E-state index in [1.807, 2.05) is 0 Å². The van der Waals surface area contributed by atoms with Crippen LogP contribution < -0.4 is 108 Å². The molecule has 0 radical (unpaired) electrons. The summed E-state index contributed by atoms with van der Waals surface area (Å²) in [6, 6.07) is 0. The van der Waals surface area contributed by atoms with Crippen LogP contribution in [-0.4, -0.2) is 24.7 Å². The maximum absolute atomic E-state index is 10.1. The van der Waals surface area contributed by atoms with Crippen LogP contribution in [0.2, 0.25) is 0 Å². The van der Waals surface area contributed by atoms with Crippen molar-refractivity contribution in [2.45, 2.75) is 19.3 Å². The van der Waals surface area contributed by atoms with E-state index >= 15 is 0 Å². The van der Waals surface area contributed by atoms with Gasteiger partial charge in [-0.1, -0.05) is 6.58 Å². The molecule has 0 saturated heterocycles. The Morgan fingerprint density at radius 1 is 1.20 bits per heavy atom. The molecule has 0 unspecified atom stereocenters. The average molecular weight is 284 g/mol. The van der Waals surface area contributed by atoms with Gasteiger partial charge in [0.2, 0.25) is 0 Å². The molecule has 0 N–H and O–H groups in total. The largest absolute Gasteiger partial charge is 1.00 e. The molecule has 0 rings (SSSR count). The van der Waals surface area contributed by atoms with E-state index in [2.05, 4.69) is 6.58 Å². The first-order valence-electron chi connectivity index (χ1n) is 3.65. The summed E-state index contributed by atoms with van der Waals surface area (Å²) in [4.78, 5) is 10.1. The van der Waals surface area contributed by atoms with E-state index in [1.54, 1.807) is 0 Å². The first-order chi connectivity index (χ1) is 5.83. The van der Waals surface area contributed by atoms with Crippen LogP contribution in [0.1, 0.15) is 19.3 Å². The monoisotopic (exact) mass is 284 g/mol. The third-order valence-corrected chi connectivity index (χ3v) is 2.20. The molecule has 76 valence electrons. The smallest absolute Gasteiger partial charge is 0.748 e. The Kier molecular flexibility index (Phi) is 17.3. The molecule has 0 saturated carbocycles. The Morgan fingerprint density at radius 2 is 1.67 bits per heavy atom. The van der Waals surface area contributed by atoms with Crippen LogP contribution in [-0.2, 0) is 14.9 Å². The van der Waals surface area contributed by atoms with Crippen molar-refractivity contribution in [1.29, 1.82) is 0 Å². The fourth-order valence-electron chi connectivity index (χ4n) is 0.719. The molecule has 15 heavy (non-hydrogen) atoms. The van der Waals surface area contributed by atoms with Gasteiger partial charge in [-0.05, 0) is 24.8 Å². The first-order valence-corrected chi connectivity index (χ1v) is 5.23. The van der Waals surface area contributed by atoms with Gasteiger partial charge in [-0.25, -0.2) is 8.42 Å². The van der Waals surface area contributed by atoms with Crippen molar-refractivity contribution in [3.8, 4) is 0 Å². The minimum Gasteiger partial charge on any atom is -0.748 e. The number of carbonyl (C=O) groups excluding carboxylic acids is 1. The summed E-state index contributed by atoms with van der Waals surface area (Å²) in [5.74, 6) is -1.81. The van der Waals surface area contributed by atoms with Crippen molar-refractivity contribution < 1.29 is 126 Å². The summed E-state index contributed by atoms with van der Waals surface area (Å²) in [5.41, 5.74) is -0.0803. The second-order valence-electron chi connectivity index (χ2n) is 2.61. The summed E-state index contributed by atoms with van der Waals surface area (Å²) in [6.45, 7) is 3.20. The topological polar surface area (TPSA) is 97.3 Å². The Hall–Kier alpha value is 2.39. The predicted octanol–water partition coefficient (Wildman–Crippen LogP) is -6.98. The van der Waals surface area contributed by atoms with E-state index in [9.17, 15) is 22.9 Å². The molecule has 0 aromatic heterocycles. The number of unbranched alkanes of at least 4 members (excludes halogenated alkanes) is 1. The molecule has 0 aromatic carbocycles. The summed E-state index contributed by atoms with van der Waals surface area (Å²) in [6.07, 6.45) is 0.615. The number of hydrogen-bond donors (Lipinski definition) is 0. The second-order valence-corrected chi connectivity index (χ2v) is 4.13. The molecule has 0 aliphatic carbocycles. The van der Waals surface area contributed by atoms with Crippen molar-refractivity contribution in [1.82, 2.24) is 0 Å². The fraction of sp³-hybridized carbons (Fsp3) is 0.571. The molecule has 8 heteroatoms. The van der Waals surface area contributed by atoms with Gasteiger partial charge in [-0.2, -0.15) is 0 Å². The summed E-state index contributed by atoms with van der Waals surface area (Å²) in [5, 5.41) is 10.1. The molecule has 5 nitrogen and oxygen atoms in total. The quantitative estimate of drug-likeness (QED) is 0.209. The maximum Gasteiger partial charge on any atom is 1.00 e. The third-order valence-electron chi connectivity index (χ3n) is 1.41. The third kappa shape index (κ3) is 16.4. The van der Waals surface area contributed by atoms with Gasteiger partial charge < -0.3 is 14.5 Å². The number of carboxylic acids is 1. The number of rotatable bonds is 6. The summed E-state index contributed by atoms with van der Waals surface area (Å²) in [7, 11) is -4.19. The molecule has 0 fully saturated rings. The van der Waals surface area contributed by atoms with Crippen molar-refractivity contribution in [2.24, 2.45) is 0 Å². The van der Waals surface area contributed by atoms with E-state index in [4.69, 9.17) is 0 Å². The Labute approximate surface area is 175 Å². The molecule has 0 aliphatic rings. The average Bonchev–Trinajstić information content (AvgIpc) is 1.95. The number of aliphatic carboxylic acids is 1. The zero-order valence-corrected chi connectivity index (χ0v) is 16.0. The minimum atomic E-state index is -4.19. The number of hydrogen-bond acceptors (Lipinski definition) is 5. The van der Waals surface area contributed by atoms with E-state index < -0.39 is 21.8 Å². The number of carbonyl (C=O) groups is 1. The molecule has 0 amide bonds. The molecular weight excluding hydrogens is 274 g/mol. The van der Waals surface area contributed by atoms with Gasteiger partial charge >= 0.3 is 103 Å². The molecule has 0 spiro atoms. The summed E-state index contributed by atoms with van der Waals surface area (Å²) >= 11 is 0. The van der Waals surface area contributed by atoms with E-state index in [1.165, 1.54) is 0 Å². The van der Waals surface area contributed by atoms with Gasteiger partial charge in [0.15, 0.2) is 0 Å². The van der Waals surface area contributed by atoms with Crippen LogP contribution in [0.3, 0.4) is 0 Å². The zero-order valence-electron chi connectivity index (χ0n) is 8.99. The van der Waals surface area contributed by atoms with Gasteiger partial charge in [0.25, 0.3) is 0 Å². The van der Waals surface area contributed by atoms with Crippen LogP contribution in [0, 0.1) is 0 Å². The van der Waals surface area contributed by atoms with Crippen LogP contribution in [0.25, 0.3) is 0 Å². The van der Waals surface area contributed by atoms with Crippen molar-refractivity contribution >= 4 is 16.1 Å². The summed E-state index contributed by atoms with van der Waals surface area (Å²) < 4.78 is 30.3. The molecule has 0 heterocycles. The second kappa shape index (κ2) is 11.5. The molecule has 0 aliphatic heterocycles. The Bertz CT molecular complexity index is 299. The molecule has 0 aromatic rings. The molecule has 0 atom stereocenters. The SMILES string of the molecule is C=C(CCCCS(=O)(=O)[O-])C(=O)[O-].[K+].[K+]. The van der Waals surface area contributed by atoms with Crippen molar-refractivity contribution in [3.05, 3.63) is 12.2 Å². The van der Waals surface area contributed by atoms with Crippen LogP contribution in [0.5, 0.6) is 0 Å². The van der Waals surface area contributed by atoms with Gasteiger partial charge in [0, 0.05) is 5.75 Å². The minimum absolute atomic E-state index is 0. The van der Waals surface area contributed by atoms with E-state index in [0.717, 1.165) is 0 Å². The van der Waals surface area contributed by atoms with E-state index in [0.29, 0.717) is 6.42 Å². The van der Waals surface area contributed by atoms with Gasteiger partial charge in [0.1, 0.15) is 0 Å². The molecular formula is C7H10K2O5S. The number of carboxylic acid groups (broad SMARTS) is 1. The standard InChI is InChI=1S/C7H12O5S.2K/c1-6(7(8)9)4-2-3-5-13(10,11)12;;/h1-5H2,(H,8,9)(H,10,11,12);;/q;2*+1/p-2. The van der Waals surface area contributed by atoms with Gasteiger partial charge in [-0.3, -0.25) is 0 Å². The van der Waals surface area contributed by atoms with Gasteiger partial charge in [-0.15, -0.1) is 0 Å². The van der Waals surface area contributed by atoms with E-state index in [-0.39, 0.29) is 121 Å². The molecule has 0 bridgehead atoms. The Balaban J connectivity index is -0.000000720. The fourth-order valence-corrected chi connectivity index (χ4v) is 1.28. The van der Waals surface area contributed by atoms with Crippen molar-refractivity contribution in [2.75, 3.05) is 5.75 Å². The Morgan fingerprint density at radius 3 is 2.00 bits per heavy atom. The van der Waals surface area contributed by atoms with Crippen LogP contribution >= 0.6 is 0 Å². The maximum atomic E-state index is 10.1. The van der Waals surface area contributed by atoms with Crippen LogP contribution in [0.15, 0.2) is 12.2 Å².